The Kier molecular flexibility index (Phi) is 7.07. The van der Waals surface area contributed by atoms with Gasteiger partial charge in [-0.25, -0.2) is 4.79 Å². The molecule has 0 saturated carbocycles. The number of methoxy groups -OCH3 is 1. The van der Waals surface area contributed by atoms with Crippen molar-refractivity contribution in [2.75, 3.05) is 13.7 Å². The van der Waals surface area contributed by atoms with Gasteiger partial charge in [-0.2, -0.15) is 0 Å². The molecule has 0 aromatic heterocycles. The number of benzene rings is 4. The van der Waals surface area contributed by atoms with Gasteiger partial charge in [-0.1, -0.05) is 66.7 Å². The van der Waals surface area contributed by atoms with Crippen molar-refractivity contribution in [3.05, 3.63) is 106 Å². The van der Waals surface area contributed by atoms with Gasteiger partial charge in [0.2, 0.25) is 0 Å². The molecule has 0 unspecified atom stereocenters. The SMILES string of the molecule is COC(=O)COc1ccc2cc(Br)c(OCc3ccccc3)cc2c1Cc1ccccc1. The van der Waals surface area contributed by atoms with E-state index in [9.17, 15) is 4.79 Å². The van der Waals surface area contributed by atoms with E-state index in [0.29, 0.717) is 18.8 Å². The lowest BCUT2D eigenvalue weighted by Crippen LogP contribution is -2.13. The van der Waals surface area contributed by atoms with Crippen molar-refractivity contribution >= 4 is 32.7 Å². The van der Waals surface area contributed by atoms with E-state index >= 15 is 0 Å². The van der Waals surface area contributed by atoms with Crippen LogP contribution < -0.4 is 9.47 Å². The molecule has 0 atom stereocenters. The molecular formula is C27H23BrO4. The second-order valence-corrected chi connectivity index (χ2v) is 8.20. The number of rotatable bonds is 8. The number of hydrogen-bond acceptors (Lipinski definition) is 4. The van der Waals surface area contributed by atoms with Crippen molar-refractivity contribution in [3.63, 3.8) is 0 Å². The van der Waals surface area contributed by atoms with Crippen molar-refractivity contribution in [2.24, 2.45) is 0 Å². The minimum Gasteiger partial charge on any atom is -0.488 e. The summed E-state index contributed by atoms with van der Waals surface area (Å²) in [5.41, 5.74) is 3.24. The smallest absolute Gasteiger partial charge is 0.343 e. The van der Waals surface area contributed by atoms with E-state index in [2.05, 4.69) is 28.1 Å². The second kappa shape index (κ2) is 10.3. The van der Waals surface area contributed by atoms with Gasteiger partial charge in [0.25, 0.3) is 0 Å². The van der Waals surface area contributed by atoms with Crippen LogP contribution >= 0.6 is 15.9 Å². The fourth-order valence-corrected chi connectivity index (χ4v) is 4.00. The molecule has 0 aliphatic carbocycles. The van der Waals surface area contributed by atoms with E-state index in [4.69, 9.17) is 14.2 Å². The first kappa shape index (κ1) is 21.9. The molecule has 0 fully saturated rings. The van der Waals surface area contributed by atoms with Gasteiger partial charge in [0, 0.05) is 12.0 Å². The minimum absolute atomic E-state index is 0.141. The number of ether oxygens (including phenoxy) is 3. The highest BCUT2D eigenvalue weighted by molar-refractivity contribution is 9.10. The third-order valence-electron chi connectivity index (χ3n) is 5.17. The number of hydrogen-bond donors (Lipinski definition) is 0. The fourth-order valence-electron chi connectivity index (χ4n) is 3.53. The quantitative estimate of drug-likeness (QED) is 0.271. The maximum Gasteiger partial charge on any atom is 0.343 e. The van der Waals surface area contributed by atoms with E-state index in [-0.39, 0.29) is 6.61 Å². The maximum absolute atomic E-state index is 11.7. The molecule has 0 saturated heterocycles. The van der Waals surface area contributed by atoms with Crippen LogP contribution in [0.3, 0.4) is 0 Å². The van der Waals surface area contributed by atoms with Crippen LogP contribution in [0.1, 0.15) is 16.7 Å². The van der Waals surface area contributed by atoms with Crippen LogP contribution in [0.4, 0.5) is 0 Å². The van der Waals surface area contributed by atoms with Gasteiger partial charge >= 0.3 is 5.97 Å². The van der Waals surface area contributed by atoms with E-state index in [1.165, 1.54) is 7.11 Å². The Labute approximate surface area is 195 Å². The highest BCUT2D eigenvalue weighted by atomic mass is 79.9. The first-order valence-electron chi connectivity index (χ1n) is 10.3. The normalized spacial score (nSPS) is 10.7. The molecule has 162 valence electrons. The summed E-state index contributed by atoms with van der Waals surface area (Å²) in [6.07, 6.45) is 0.661. The third-order valence-corrected chi connectivity index (χ3v) is 5.79. The number of esters is 1. The van der Waals surface area contributed by atoms with E-state index in [0.717, 1.165) is 37.7 Å². The number of fused-ring (bicyclic) bond motifs is 1. The average molecular weight is 491 g/mol. The van der Waals surface area contributed by atoms with Crippen LogP contribution in [-0.2, 0) is 22.6 Å². The van der Waals surface area contributed by atoms with Crippen molar-refractivity contribution in [2.45, 2.75) is 13.0 Å². The standard InChI is InChI=1S/C27H23BrO4/c1-30-27(29)18-32-25-13-12-21-15-24(28)26(31-17-20-10-6-3-7-11-20)16-22(21)23(25)14-19-8-4-2-5-9-19/h2-13,15-16H,14,17-18H2,1H3. The van der Waals surface area contributed by atoms with E-state index in [1.54, 1.807) is 0 Å². The molecule has 32 heavy (non-hydrogen) atoms. The first-order chi connectivity index (χ1) is 15.6. The van der Waals surface area contributed by atoms with Gasteiger partial charge in [0.05, 0.1) is 11.6 Å². The predicted molar refractivity (Wildman–Crippen MR) is 129 cm³/mol. The van der Waals surface area contributed by atoms with Crippen molar-refractivity contribution in [1.29, 1.82) is 0 Å². The molecule has 4 aromatic carbocycles. The summed E-state index contributed by atoms with van der Waals surface area (Å²) >= 11 is 3.64. The second-order valence-electron chi connectivity index (χ2n) is 7.35. The van der Waals surface area contributed by atoms with Crippen LogP contribution in [0.2, 0.25) is 0 Å². The first-order valence-corrected chi connectivity index (χ1v) is 11.1. The molecule has 0 radical (unpaired) electrons. The van der Waals surface area contributed by atoms with Crippen molar-refractivity contribution in [3.8, 4) is 11.5 Å². The Hall–Kier alpha value is -3.31. The monoisotopic (exact) mass is 490 g/mol. The fraction of sp³-hybridized carbons (Fsp3) is 0.148. The molecule has 0 N–H and O–H groups in total. The molecule has 0 heterocycles. The van der Waals surface area contributed by atoms with E-state index in [1.807, 2.05) is 72.8 Å². The number of halogens is 1. The summed E-state index contributed by atoms with van der Waals surface area (Å²) in [5.74, 6) is 0.988. The molecule has 4 aromatic rings. The summed E-state index contributed by atoms with van der Waals surface area (Å²) in [4.78, 5) is 11.7. The Balaban J connectivity index is 1.73. The van der Waals surface area contributed by atoms with Crippen LogP contribution in [0.5, 0.6) is 11.5 Å². The van der Waals surface area contributed by atoms with Gasteiger partial charge in [-0.15, -0.1) is 0 Å². The molecular weight excluding hydrogens is 468 g/mol. The molecule has 0 spiro atoms. The van der Waals surface area contributed by atoms with Gasteiger partial charge in [0.1, 0.15) is 18.1 Å². The zero-order chi connectivity index (χ0) is 22.3. The summed E-state index contributed by atoms with van der Waals surface area (Å²) in [7, 11) is 1.35. The third kappa shape index (κ3) is 5.29. The topological polar surface area (TPSA) is 44.8 Å². The highest BCUT2D eigenvalue weighted by Gasteiger charge is 2.15. The Morgan fingerprint density at radius 1 is 0.812 bits per heavy atom. The average Bonchev–Trinajstić information content (AvgIpc) is 2.83. The van der Waals surface area contributed by atoms with Gasteiger partial charge in [-0.3, -0.25) is 0 Å². The van der Waals surface area contributed by atoms with Crippen LogP contribution in [0, 0.1) is 0 Å². The molecule has 0 bridgehead atoms. The molecule has 5 heteroatoms. The van der Waals surface area contributed by atoms with Crippen molar-refractivity contribution < 1.29 is 19.0 Å². The molecule has 0 amide bonds. The maximum atomic E-state index is 11.7. The zero-order valence-corrected chi connectivity index (χ0v) is 19.3. The highest BCUT2D eigenvalue weighted by Crippen LogP contribution is 2.37. The van der Waals surface area contributed by atoms with Crippen LogP contribution in [-0.4, -0.2) is 19.7 Å². The largest absolute Gasteiger partial charge is 0.488 e. The number of carbonyl (C=O) groups is 1. The summed E-state index contributed by atoms with van der Waals surface area (Å²) < 4.78 is 17.6. The van der Waals surface area contributed by atoms with Crippen molar-refractivity contribution in [1.82, 2.24) is 0 Å². The van der Waals surface area contributed by atoms with Gasteiger partial charge in [0.15, 0.2) is 6.61 Å². The lowest BCUT2D eigenvalue weighted by molar-refractivity contribution is -0.142. The summed E-state index contributed by atoms with van der Waals surface area (Å²) in [6, 6.07) is 28.2. The Morgan fingerprint density at radius 3 is 2.19 bits per heavy atom. The van der Waals surface area contributed by atoms with E-state index < -0.39 is 5.97 Å². The molecule has 4 nitrogen and oxygen atoms in total. The molecule has 0 aliphatic heterocycles. The lowest BCUT2D eigenvalue weighted by Gasteiger charge is -2.16. The zero-order valence-electron chi connectivity index (χ0n) is 17.7. The predicted octanol–water partition coefficient (Wildman–Crippen LogP) is 6.32. The molecule has 0 aliphatic rings. The minimum atomic E-state index is -0.418. The number of carbonyl (C=O) groups excluding carboxylic acids is 1. The van der Waals surface area contributed by atoms with Crippen LogP contribution in [0.25, 0.3) is 10.8 Å². The lowest BCUT2D eigenvalue weighted by atomic mass is 9.97. The summed E-state index contributed by atoms with van der Waals surface area (Å²) in [5, 5.41) is 2.07. The van der Waals surface area contributed by atoms with Crippen LogP contribution in [0.15, 0.2) is 89.4 Å². The van der Waals surface area contributed by atoms with Gasteiger partial charge in [-0.05, 0) is 56.0 Å². The van der Waals surface area contributed by atoms with Gasteiger partial charge < -0.3 is 14.2 Å². The summed E-state index contributed by atoms with van der Waals surface area (Å²) in [6.45, 7) is 0.329. The molecule has 4 rings (SSSR count). The Morgan fingerprint density at radius 2 is 1.50 bits per heavy atom. The Bertz CT molecular complexity index is 1210.